The molecule has 1 atom stereocenters. The number of amides is 1. The lowest BCUT2D eigenvalue weighted by Crippen LogP contribution is -2.30. The maximum atomic E-state index is 13.6. The lowest BCUT2D eigenvalue weighted by Gasteiger charge is -2.24. The largest absolute Gasteiger partial charge is 0.399 e. The Morgan fingerprint density at radius 2 is 1.37 bits per heavy atom. The Kier molecular flexibility index (Phi) is 4.56. The zero-order valence-corrected chi connectivity index (χ0v) is 16.5. The highest BCUT2D eigenvalue weighted by Crippen LogP contribution is 2.42. The number of anilines is 2. The van der Waals surface area contributed by atoms with Crippen molar-refractivity contribution < 1.29 is 4.79 Å². The number of nitrogen functional groups attached to an aromatic ring is 1. The molecule has 0 bridgehead atoms. The van der Waals surface area contributed by atoms with Crippen LogP contribution in [0.1, 0.15) is 38.5 Å². The SMILES string of the molecule is Nc1ccc(C(=O)N2Cc3ccccc3C(c3ccccc3)c3ccccc32)cc1. The summed E-state index contributed by atoms with van der Waals surface area (Å²) in [5.74, 6) is 0.0498. The second-order valence-electron chi connectivity index (χ2n) is 7.61. The first kappa shape index (κ1) is 18.2. The summed E-state index contributed by atoms with van der Waals surface area (Å²) in [6.45, 7) is 0.528. The predicted molar refractivity (Wildman–Crippen MR) is 122 cm³/mol. The number of fused-ring (bicyclic) bond motifs is 2. The number of nitrogens with two attached hydrogens (primary N) is 1. The van der Waals surface area contributed by atoms with E-state index in [4.69, 9.17) is 5.73 Å². The third-order valence-corrected chi connectivity index (χ3v) is 5.77. The number of rotatable bonds is 2. The van der Waals surface area contributed by atoms with Gasteiger partial charge in [-0.2, -0.15) is 0 Å². The molecule has 146 valence electrons. The van der Waals surface area contributed by atoms with Crippen molar-refractivity contribution >= 4 is 17.3 Å². The molecule has 3 nitrogen and oxygen atoms in total. The summed E-state index contributed by atoms with van der Waals surface area (Å²) < 4.78 is 0. The van der Waals surface area contributed by atoms with Crippen LogP contribution < -0.4 is 10.6 Å². The van der Waals surface area contributed by atoms with E-state index in [9.17, 15) is 4.79 Å². The first-order chi connectivity index (χ1) is 14.7. The molecule has 3 heteroatoms. The lowest BCUT2D eigenvalue weighted by atomic mass is 9.83. The van der Waals surface area contributed by atoms with Crippen LogP contribution in [0.4, 0.5) is 11.4 Å². The standard InChI is InChI=1S/C27H22N2O/c28-22-16-14-20(15-17-22)27(30)29-18-21-10-4-5-11-23(21)26(19-8-2-1-3-9-19)24-12-6-7-13-25(24)29/h1-17,26H,18,28H2. The van der Waals surface area contributed by atoms with Crippen molar-refractivity contribution in [2.45, 2.75) is 12.5 Å². The normalized spacial score (nSPS) is 15.1. The fourth-order valence-electron chi connectivity index (χ4n) is 4.33. The van der Waals surface area contributed by atoms with E-state index < -0.39 is 0 Å². The van der Waals surface area contributed by atoms with Crippen molar-refractivity contribution in [1.29, 1.82) is 0 Å². The van der Waals surface area contributed by atoms with Crippen molar-refractivity contribution in [3.63, 3.8) is 0 Å². The molecular formula is C27H22N2O. The highest BCUT2D eigenvalue weighted by molar-refractivity contribution is 6.07. The van der Waals surface area contributed by atoms with E-state index in [0.29, 0.717) is 17.8 Å². The number of benzene rings is 4. The van der Waals surface area contributed by atoms with E-state index in [1.807, 2.05) is 29.2 Å². The van der Waals surface area contributed by atoms with Crippen LogP contribution >= 0.6 is 0 Å². The summed E-state index contributed by atoms with van der Waals surface area (Å²) in [5, 5.41) is 0. The Bertz CT molecular complexity index is 1200. The zero-order chi connectivity index (χ0) is 20.5. The molecule has 1 amide bonds. The second kappa shape index (κ2) is 7.53. The molecule has 1 aliphatic rings. The Morgan fingerprint density at radius 1 is 0.733 bits per heavy atom. The minimum absolute atomic E-state index is 0.0223. The third kappa shape index (κ3) is 3.15. The molecule has 1 heterocycles. The van der Waals surface area contributed by atoms with E-state index in [1.54, 1.807) is 24.3 Å². The number of hydrogen-bond acceptors (Lipinski definition) is 2. The van der Waals surface area contributed by atoms with Crippen LogP contribution in [0.25, 0.3) is 0 Å². The van der Waals surface area contributed by atoms with Gasteiger partial charge in [0.15, 0.2) is 0 Å². The molecule has 1 unspecified atom stereocenters. The zero-order valence-electron chi connectivity index (χ0n) is 16.5. The van der Waals surface area contributed by atoms with Gasteiger partial charge in [-0.15, -0.1) is 0 Å². The topological polar surface area (TPSA) is 46.3 Å². The highest BCUT2D eigenvalue weighted by Gasteiger charge is 2.31. The molecule has 4 aromatic carbocycles. The van der Waals surface area contributed by atoms with Crippen LogP contribution in [0, 0.1) is 0 Å². The van der Waals surface area contributed by atoms with E-state index in [-0.39, 0.29) is 11.8 Å². The number of carbonyl (C=O) groups is 1. The number of nitrogens with zero attached hydrogens (tertiary/aromatic N) is 1. The molecule has 0 saturated heterocycles. The average molecular weight is 390 g/mol. The van der Waals surface area contributed by atoms with Crippen LogP contribution in [-0.4, -0.2) is 5.91 Å². The molecule has 0 aliphatic carbocycles. The van der Waals surface area contributed by atoms with Crippen LogP contribution in [0.15, 0.2) is 103 Å². The number of para-hydroxylation sites is 1. The summed E-state index contributed by atoms with van der Waals surface area (Å²) in [6, 6.07) is 34.3. The molecule has 30 heavy (non-hydrogen) atoms. The van der Waals surface area contributed by atoms with Crippen LogP contribution in [-0.2, 0) is 6.54 Å². The number of hydrogen-bond donors (Lipinski definition) is 1. The smallest absolute Gasteiger partial charge is 0.258 e. The third-order valence-electron chi connectivity index (χ3n) is 5.77. The summed E-state index contributed by atoms with van der Waals surface area (Å²) in [5.41, 5.74) is 12.8. The van der Waals surface area contributed by atoms with Crippen molar-refractivity contribution in [3.05, 3.63) is 131 Å². The van der Waals surface area contributed by atoms with Gasteiger partial charge in [0, 0.05) is 22.9 Å². The minimum Gasteiger partial charge on any atom is -0.399 e. The summed E-state index contributed by atoms with van der Waals surface area (Å²) in [7, 11) is 0. The van der Waals surface area contributed by atoms with Gasteiger partial charge in [0.25, 0.3) is 5.91 Å². The van der Waals surface area contributed by atoms with E-state index in [2.05, 4.69) is 54.6 Å². The monoisotopic (exact) mass is 390 g/mol. The van der Waals surface area contributed by atoms with Crippen molar-refractivity contribution in [1.82, 2.24) is 0 Å². The van der Waals surface area contributed by atoms with E-state index in [0.717, 1.165) is 16.8 Å². The Morgan fingerprint density at radius 3 is 2.13 bits per heavy atom. The van der Waals surface area contributed by atoms with Gasteiger partial charge in [-0.25, -0.2) is 0 Å². The predicted octanol–water partition coefficient (Wildman–Crippen LogP) is 5.61. The highest BCUT2D eigenvalue weighted by atomic mass is 16.2. The molecular weight excluding hydrogens is 368 g/mol. The molecule has 0 radical (unpaired) electrons. The Labute approximate surface area is 176 Å². The van der Waals surface area contributed by atoms with Crippen LogP contribution in [0.2, 0.25) is 0 Å². The van der Waals surface area contributed by atoms with E-state index in [1.165, 1.54) is 11.1 Å². The fraction of sp³-hybridized carbons (Fsp3) is 0.0741. The molecule has 4 aromatic rings. The van der Waals surface area contributed by atoms with Crippen LogP contribution in [0.3, 0.4) is 0 Å². The second-order valence-corrected chi connectivity index (χ2v) is 7.61. The first-order valence-electron chi connectivity index (χ1n) is 10.1. The lowest BCUT2D eigenvalue weighted by molar-refractivity contribution is 0.0985. The molecule has 2 N–H and O–H groups in total. The van der Waals surface area contributed by atoms with Crippen LogP contribution in [0.5, 0.6) is 0 Å². The Balaban J connectivity index is 1.71. The number of carbonyl (C=O) groups excluding carboxylic acids is 1. The van der Waals surface area contributed by atoms with Gasteiger partial charge in [0.2, 0.25) is 0 Å². The molecule has 0 fully saturated rings. The van der Waals surface area contributed by atoms with Gasteiger partial charge >= 0.3 is 0 Å². The molecule has 1 aliphatic heterocycles. The molecule has 0 aromatic heterocycles. The quantitative estimate of drug-likeness (QED) is 0.452. The van der Waals surface area contributed by atoms with Gasteiger partial charge in [0.05, 0.1) is 6.54 Å². The van der Waals surface area contributed by atoms with Gasteiger partial charge in [-0.1, -0.05) is 72.8 Å². The first-order valence-corrected chi connectivity index (χ1v) is 10.1. The molecule has 5 rings (SSSR count). The van der Waals surface area contributed by atoms with Gasteiger partial charge < -0.3 is 10.6 Å². The maximum absolute atomic E-state index is 13.6. The minimum atomic E-state index is -0.0223. The Hall–Kier alpha value is -3.85. The van der Waals surface area contributed by atoms with Gasteiger partial charge in [0.1, 0.15) is 0 Å². The fourth-order valence-corrected chi connectivity index (χ4v) is 4.33. The van der Waals surface area contributed by atoms with Gasteiger partial charge in [-0.05, 0) is 52.6 Å². The summed E-state index contributed by atoms with van der Waals surface area (Å²) in [4.78, 5) is 15.5. The van der Waals surface area contributed by atoms with Crippen molar-refractivity contribution in [2.24, 2.45) is 0 Å². The maximum Gasteiger partial charge on any atom is 0.258 e. The van der Waals surface area contributed by atoms with E-state index >= 15 is 0 Å². The van der Waals surface area contributed by atoms with Crippen molar-refractivity contribution in [2.75, 3.05) is 10.6 Å². The average Bonchev–Trinajstić information content (AvgIpc) is 2.94. The van der Waals surface area contributed by atoms with Gasteiger partial charge in [-0.3, -0.25) is 4.79 Å². The molecule has 0 saturated carbocycles. The summed E-state index contributed by atoms with van der Waals surface area (Å²) >= 11 is 0. The molecule has 0 spiro atoms. The summed E-state index contributed by atoms with van der Waals surface area (Å²) in [6.07, 6.45) is 0. The van der Waals surface area contributed by atoms with Crippen molar-refractivity contribution in [3.8, 4) is 0 Å².